The van der Waals surface area contributed by atoms with Gasteiger partial charge in [-0.05, 0) is 0 Å². The van der Waals surface area contributed by atoms with Crippen molar-refractivity contribution in [3.8, 4) is 0 Å². The first-order valence-electron chi connectivity index (χ1n) is 5.65. The summed E-state index contributed by atoms with van der Waals surface area (Å²) in [6.45, 7) is 5.05. The average Bonchev–Trinajstić information content (AvgIpc) is 2.89. The third-order valence-electron chi connectivity index (χ3n) is 3.75. The minimum absolute atomic E-state index is 0. The van der Waals surface area contributed by atoms with Crippen LogP contribution in [-0.4, -0.2) is 10.9 Å². The van der Waals surface area contributed by atoms with Crippen molar-refractivity contribution in [2.75, 3.05) is 0 Å². The molecule has 5 heteroatoms. The first-order valence-corrected chi connectivity index (χ1v) is 17.7. The predicted molar refractivity (Wildman–Crippen MR) is 81.5 cm³/mol. The van der Waals surface area contributed by atoms with Crippen LogP contribution in [0.4, 0.5) is 0 Å². The van der Waals surface area contributed by atoms with Crippen molar-refractivity contribution in [3.05, 3.63) is 39.8 Å². The maximum Gasteiger partial charge on any atom is -0.147 e. The zero-order valence-corrected chi connectivity index (χ0v) is 15.8. The van der Waals surface area contributed by atoms with Crippen LogP contribution in [0.25, 0.3) is 0 Å². The van der Waals surface area contributed by atoms with Crippen LogP contribution in [0.3, 0.4) is 0 Å². The molecule has 1 aromatic heterocycles. The molecule has 0 spiro atoms. The first-order chi connectivity index (χ1) is 7.15. The molecule has 96 valence electrons. The van der Waals surface area contributed by atoms with Gasteiger partial charge in [0.25, 0.3) is 0 Å². The Bertz CT molecular complexity index is 401. The molecule has 1 unspecified atom stereocenters. The number of H-pyrrole nitrogens is 1. The molecule has 0 aromatic carbocycles. The van der Waals surface area contributed by atoms with E-state index in [0.29, 0.717) is 0 Å². The van der Waals surface area contributed by atoms with Gasteiger partial charge in [-0.25, -0.2) is 0 Å². The Morgan fingerprint density at radius 2 is 2.00 bits per heavy atom. The molecular weight excluding hydrogens is 348 g/mol. The molecule has 2 rings (SSSR count). The Morgan fingerprint density at radius 1 is 1.29 bits per heavy atom. The Morgan fingerprint density at radius 3 is 2.41 bits per heavy atom. The number of hydrogen-bond acceptors (Lipinski definition) is 0. The maximum absolute atomic E-state index is 3.50. The Hall–Kier alpha value is 0.440. The van der Waals surface area contributed by atoms with E-state index in [0.717, 1.165) is 0 Å². The summed E-state index contributed by atoms with van der Waals surface area (Å²) in [6.07, 6.45) is 10.2. The Kier molecular flexibility index (Phi) is 7.32. The zero-order valence-electron chi connectivity index (χ0n) is 10.6. The van der Waals surface area contributed by atoms with Gasteiger partial charge in [0.15, 0.2) is 0 Å². The number of hydrogen-bond donors (Lipinski definition) is 1. The van der Waals surface area contributed by atoms with E-state index in [9.17, 15) is 0 Å². The third kappa shape index (κ3) is 3.26. The molecule has 0 bridgehead atoms. The number of rotatable bonds is 3. The largest absolute Gasteiger partial charge is 0.147 e. The molecule has 0 fully saturated rings. The van der Waals surface area contributed by atoms with Crippen molar-refractivity contribution >= 4 is 34.1 Å². The van der Waals surface area contributed by atoms with Crippen molar-refractivity contribution < 1.29 is 19.4 Å². The number of aromatic amines is 1. The fourth-order valence-corrected chi connectivity index (χ4v) is 21.4. The third-order valence-corrected chi connectivity index (χ3v) is 34.8. The Balaban J connectivity index is 0.00000128. The van der Waals surface area contributed by atoms with Gasteiger partial charge in [-0.1, -0.05) is 0 Å². The molecule has 17 heavy (non-hydrogen) atoms. The number of allylic oxidation sites excluding steroid dienone is 4. The molecular formula is C12H21Cl2NSiZr. The van der Waals surface area contributed by atoms with E-state index < -0.39 is 25.4 Å². The number of nitrogens with one attached hydrogen (secondary N) is 1. The van der Waals surface area contributed by atoms with Crippen molar-refractivity contribution in [2.24, 2.45) is 0 Å². The van der Waals surface area contributed by atoms with Gasteiger partial charge < -0.3 is 0 Å². The summed E-state index contributed by atoms with van der Waals surface area (Å²) >= 11 is -2.17. The fourth-order valence-electron chi connectivity index (χ4n) is 2.34. The summed E-state index contributed by atoms with van der Waals surface area (Å²) < 4.78 is 5.99. The van der Waals surface area contributed by atoms with Crippen molar-refractivity contribution in [2.45, 2.75) is 24.1 Å². The standard InChI is InChI=1S/C5H5.C4H4N.C2H7Si.CH3.2ClH.Zr/c2*1-2-4-5-3-1;1-3-2;;;;/h1-3H,4H2;1-3,5H;3H,1-2H3;1H3;2*1H;. The van der Waals surface area contributed by atoms with Gasteiger partial charge in [0.2, 0.25) is 0 Å². The maximum atomic E-state index is 3.50. The molecule has 0 saturated carbocycles. The average molecular weight is 370 g/mol. The second kappa shape index (κ2) is 7.13. The van der Waals surface area contributed by atoms with E-state index in [1.807, 2.05) is 0 Å². The van der Waals surface area contributed by atoms with Gasteiger partial charge >= 0.3 is 97.7 Å². The monoisotopic (exact) mass is 367 g/mol. The van der Waals surface area contributed by atoms with Gasteiger partial charge in [-0.2, -0.15) is 0 Å². The smallest absolute Gasteiger partial charge is 0.147 e. The molecule has 1 heterocycles. The van der Waals surface area contributed by atoms with E-state index >= 15 is 0 Å². The number of aromatic nitrogens is 1. The normalized spacial score (nSPS) is 17.1. The topological polar surface area (TPSA) is 15.8 Å². The van der Waals surface area contributed by atoms with Crippen molar-refractivity contribution in [3.63, 3.8) is 0 Å². The van der Waals surface area contributed by atoms with E-state index in [1.165, 1.54) is 6.42 Å². The molecule has 0 aliphatic heterocycles. The molecule has 0 saturated heterocycles. The predicted octanol–water partition coefficient (Wildman–Crippen LogP) is 3.51. The van der Waals surface area contributed by atoms with Crippen molar-refractivity contribution in [1.29, 1.82) is 0 Å². The van der Waals surface area contributed by atoms with Crippen LogP contribution in [0, 0.1) is 0 Å². The molecule has 0 radical (unpaired) electrons. The van der Waals surface area contributed by atoms with E-state index in [2.05, 4.69) is 59.3 Å². The summed E-state index contributed by atoms with van der Waals surface area (Å²) in [5.74, 6) is -0.576. The van der Waals surface area contributed by atoms with Crippen LogP contribution in [0.15, 0.2) is 39.8 Å². The van der Waals surface area contributed by atoms with Crippen LogP contribution in [0.5, 0.6) is 0 Å². The minimum atomic E-state index is -2.17. The van der Waals surface area contributed by atoms with E-state index in [-0.39, 0.29) is 24.8 Å². The molecule has 0 amide bonds. The molecule has 1 aliphatic rings. The fraction of sp³-hybridized carbons (Fsp3) is 0.333. The summed E-state index contributed by atoms with van der Waals surface area (Å²) in [7, 11) is 0. The molecule has 1 atom stereocenters. The number of halogens is 2. The van der Waals surface area contributed by atoms with Gasteiger partial charge in [-0.3, -0.25) is 0 Å². The van der Waals surface area contributed by atoms with Crippen LogP contribution < -0.4 is 3.40 Å². The summed E-state index contributed by atoms with van der Waals surface area (Å²) in [4.78, 5) is 3.50. The molecule has 1 aliphatic carbocycles. The van der Waals surface area contributed by atoms with Crippen LogP contribution in [0.2, 0.25) is 17.7 Å². The van der Waals surface area contributed by atoms with Crippen molar-refractivity contribution in [1.82, 2.24) is 4.98 Å². The second-order valence-electron chi connectivity index (χ2n) is 4.77. The summed E-state index contributed by atoms with van der Waals surface area (Å²) in [5.41, 5.74) is 0. The van der Waals surface area contributed by atoms with Crippen LogP contribution in [0.1, 0.15) is 6.42 Å². The van der Waals surface area contributed by atoms with Gasteiger partial charge in [0.1, 0.15) is 0 Å². The minimum Gasteiger partial charge on any atom is -0.147 e. The van der Waals surface area contributed by atoms with Gasteiger partial charge in [0.05, 0.1) is 0 Å². The van der Waals surface area contributed by atoms with Crippen LogP contribution >= 0.6 is 24.8 Å². The first kappa shape index (κ1) is 17.4. The quantitative estimate of drug-likeness (QED) is 0.785. The summed E-state index contributed by atoms with van der Waals surface area (Å²) in [6, 6.07) is 4.48. The molecule has 1 N–H and O–H groups in total. The van der Waals surface area contributed by atoms with E-state index in [1.54, 1.807) is 6.68 Å². The van der Waals surface area contributed by atoms with E-state index in [4.69, 9.17) is 0 Å². The SMILES string of the molecule is C[SiH](C)[Zr]([CH3])([C]1=CC=CC1)[c]1ccc[nH]1.Cl.Cl. The van der Waals surface area contributed by atoms with Crippen LogP contribution in [-0.2, 0) is 19.4 Å². The molecule has 1 nitrogen and oxygen atoms in total. The van der Waals surface area contributed by atoms with Gasteiger partial charge in [-0.15, -0.1) is 24.8 Å². The Labute approximate surface area is 122 Å². The second-order valence-corrected chi connectivity index (χ2v) is 31.2. The van der Waals surface area contributed by atoms with Gasteiger partial charge in [0, 0.05) is 0 Å². The summed E-state index contributed by atoms with van der Waals surface area (Å²) in [5, 5.41) is 0. The molecule has 1 aromatic rings. The zero-order chi connectivity index (χ0) is 10.9.